The Balaban J connectivity index is 1.74. The average Bonchev–Trinajstić information content (AvgIpc) is 3.07. The van der Waals surface area contributed by atoms with Gasteiger partial charge >= 0.3 is 0 Å². The Hall–Kier alpha value is -3.44. The summed E-state index contributed by atoms with van der Waals surface area (Å²) in [5.74, 6) is 1.51. The van der Waals surface area contributed by atoms with E-state index in [1.165, 1.54) is 0 Å². The molecular weight excluding hydrogens is 368 g/mol. The highest BCUT2D eigenvalue weighted by atomic mass is 16.5. The zero-order chi connectivity index (χ0) is 20.4. The molecule has 0 bridgehead atoms. The van der Waals surface area contributed by atoms with Crippen LogP contribution in [0.5, 0.6) is 5.75 Å². The number of hydrogen-bond donors (Lipinski definition) is 0. The number of hydrogen-bond acceptors (Lipinski definition) is 7. The lowest BCUT2D eigenvalue weighted by Gasteiger charge is -2.36. The minimum atomic E-state index is -0.0367. The lowest BCUT2D eigenvalue weighted by atomic mass is 10.0. The highest BCUT2D eigenvalue weighted by Gasteiger charge is 2.31. The van der Waals surface area contributed by atoms with E-state index in [4.69, 9.17) is 19.8 Å². The van der Waals surface area contributed by atoms with Crippen LogP contribution in [0.2, 0.25) is 0 Å². The van der Waals surface area contributed by atoms with Crippen molar-refractivity contribution in [1.29, 1.82) is 5.26 Å². The summed E-state index contributed by atoms with van der Waals surface area (Å²) < 4.78 is 13.1. The van der Waals surface area contributed by atoms with E-state index in [2.05, 4.69) is 22.0 Å². The molecule has 0 spiro atoms. The second-order valence-corrected chi connectivity index (χ2v) is 6.87. The summed E-state index contributed by atoms with van der Waals surface area (Å²) in [4.78, 5) is 2.17. The van der Waals surface area contributed by atoms with Gasteiger partial charge in [0, 0.05) is 23.9 Å². The van der Waals surface area contributed by atoms with Gasteiger partial charge in [0.1, 0.15) is 11.8 Å². The van der Waals surface area contributed by atoms with Crippen molar-refractivity contribution >= 4 is 5.82 Å². The van der Waals surface area contributed by atoms with Crippen LogP contribution in [0.1, 0.15) is 28.7 Å². The van der Waals surface area contributed by atoms with Crippen molar-refractivity contribution in [3.05, 3.63) is 59.0 Å². The molecule has 3 heterocycles. The van der Waals surface area contributed by atoms with Crippen LogP contribution in [0, 0.1) is 25.2 Å². The molecule has 29 heavy (non-hydrogen) atoms. The van der Waals surface area contributed by atoms with Gasteiger partial charge in [-0.1, -0.05) is 6.07 Å². The van der Waals surface area contributed by atoms with Crippen molar-refractivity contribution < 1.29 is 9.47 Å². The number of benzene rings is 1. The lowest BCUT2D eigenvalue weighted by Crippen LogP contribution is -2.40. The van der Waals surface area contributed by atoms with E-state index >= 15 is 0 Å². The van der Waals surface area contributed by atoms with Crippen molar-refractivity contribution in [3.63, 3.8) is 0 Å². The Morgan fingerprint density at radius 3 is 2.79 bits per heavy atom. The van der Waals surface area contributed by atoms with Gasteiger partial charge in [-0.05, 0) is 38.1 Å². The largest absolute Gasteiger partial charge is 0.497 e. The predicted molar refractivity (Wildman–Crippen MR) is 107 cm³/mol. The summed E-state index contributed by atoms with van der Waals surface area (Å²) in [6, 6.07) is 13.3. The second-order valence-electron chi connectivity index (χ2n) is 6.87. The zero-order valence-corrected chi connectivity index (χ0v) is 16.7. The number of rotatable bonds is 4. The lowest BCUT2D eigenvalue weighted by molar-refractivity contribution is 0.0932. The second kappa shape index (κ2) is 7.89. The fourth-order valence-corrected chi connectivity index (χ4v) is 3.79. The third-order valence-electron chi connectivity index (χ3n) is 5.17. The van der Waals surface area contributed by atoms with Crippen LogP contribution in [-0.2, 0) is 4.74 Å². The normalized spacial score (nSPS) is 16.5. The van der Waals surface area contributed by atoms with Crippen LogP contribution in [0.4, 0.5) is 5.82 Å². The minimum Gasteiger partial charge on any atom is -0.497 e. The first-order chi connectivity index (χ1) is 14.1. The maximum absolute atomic E-state index is 8.98. The van der Waals surface area contributed by atoms with Crippen molar-refractivity contribution in [1.82, 2.24) is 20.0 Å². The van der Waals surface area contributed by atoms with Gasteiger partial charge in [0.25, 0.3) is 0 Å². The molecule has 0 saturated carbocycles. The molecule has 1 aromatic carbocycles. The first-order valence-electron chi connectivity index (χ1n) is 9.41. The van der Waals surface area contributed by atoms with E-state index < -0.39 is 0 Å². The molecule has 4 rings (SSSR count). The quantitative estimate of drug-likeness (QED) is 0.677. The van der Waals surface area contributed by atoms with E-state index in [0.29, 0.717) is 25.5 Å². The summed E-state index contributed by atoms with van der Waals surface area (Å²) >= 11 is 0. The van der Waals surface area contributed by atoms with Crippen molar-refractivity contribution in [2.45, 2.75) is 19.9 Å². The van der Waals surface area contributed by atoms with E-state index in [1.807, 2.05) is 48.0 Å². The summed E-state index contributed by atoms with van der Waals surface area (Å²) in [6.45, 7) is 5.91. The third kappa shape index (κ3) is 3.52. The highest BCUT2D eigenvalue weighted by Crippen LogP contribution is 2.33. The van der Waals surface area contributed by atoms with Crippen molar-refractivity contribution in [2.75, 3.05) is 31.8 Å². The molecule has 0 radical (unpaired) electrons. The van der Waals surface area contributed by atoms with E-state index in [0.717, 1.165) is 34.2 Å². The molecule has 3 aromatic rings. The van der Waals surface area contributed by atoms with Gasteiger partial charge in [-0.3, -0.25) is 0 Å². The monoisotopic (exact) mass is 390 g/mol. The molecule has 2 aromatic heterocycles. The number of anilines is 1. The van der Waals surface area contributed by atoms with Gasteiger partial charge in [0.15, 0.2) is 11.5 Å². The van der Waals surface area contributed by atoms with Gasteiger partial charge in [-0.15, -0.1) is 10.2 Å². The Morgan fingerprint density at radius 2 is 2.07 bits per heavy atom. The topological polar surface area (TPSA) is 89.1 Å². The smallest absolute Gasteiger partial charge is 0.163 e. The maximum atomic E-state index is 8.98. The van der Waals surface area contributed by atoms with Gasteiger partial charge in [0.2, 0.25) is 0 Å². The van der Waals surface area contributed by atoms with Gasteiger partial charge < -0.3 is 14.4 Å². The number of morpholine rings is 1. The molecule has 0 amide bonds. The Labute approximate surface area is 169 Å². The summed E-state index contributed by atoms with van der Waals surface area (Å²) in [6.07, 6.45) is 0. The van der Waals surface area contributed by atoms with Crippen LogP contribution < -0.4 is 9.64 Å². The minimum absolute atomic E-state index is 0.0367. The number of ether oxygens (including phenoxy) is 2. The van der Waals surface area contributed by atoms with Crippen molar-refractivity contribution in [3.8, 4) is 17.5 Å². The summed E-state index contributed by atoms with van der Waals surface area (Å²) in [5, 5.41) is 22.0. The van der Waals surface area contributed by atoms with Crippen LogP contribution in [-0.4, -0.2) is 46.8 Å². The predicted octanol–water partition coefficient (Wildman–Crippen LogP) is 2.74. The molecular formula is C21H22N6O2. The number of nitriles is 1. The Bertz CT molecular complexity index is 1050. The third-order valence-corrected chi connectivity index (χ3v) is 5.17. The molecule has 1 aliphatic rings. The number of methoxy groups -OCH3 is 1. The van der Waals surface area contributed by atoms with Crippen LogP contribution >= 0.6 is 0 Å². The standard InChI is InChI=1S/C21H22N6O2/c1-14-21(15(2)27(25-14)17-5-4-6-18(11-17)28-3)19-13-29-10-9-26(19)20-8-7-16(12-22)23-24-20/h4-8,11,19H,9-10,13H2,1-3H3. The summed E-state index contributed by atoms with van der Waals surface area (Å²) in [7, 11) is 1.65. The molecule has 1 atom stereocenters. The highest BCUT2D eigenvalue weighted by molar-refractivity contribution is 5.48. The summed E-state index contributed by atoms with van der Waals surface area (Å²) in [5.41, 5.74) is 4.33. The van der Waals surface area contributed by atoms with Gasteiger partial charge in [0.05, 0.1) is 37.7 Å². The van der Waals surface area contributed by atoms with E-state index in [1.54, 1.807) is 13.2 Å². The number of aromatic nitrogens is 4. The molecule has 1 aliphatic heterocycles. The molecule has 1 fully saturated rings. The van der Waals surface area contributed by atoms with E-state index in [-0.39, 0.29) is 6.04 Å². The van der Waals surface area contributed by atoms with Crippen LogP contribution in [0.3, 0.4) is 0 Å². The number of nitrogens with zero attached hydrogens (tertiary/aromatic N) is 6. The molecule has 0 aliphatic carbocycles. The number of aryl methyl sites for hydroxylation is 1. The maximum Gasteiger partial charge on any atom is 0.163 e. The van der Waals surface area contributed by atoms with Gasteiger partial charge in [-0.25, -0.2) is 4.68 Å². The first kappa shape index (κ1) is 18.9. The van der Waals surface area contributed by atoms with E-state index in [9.17, 15) is 0 Å². The SMILES string of the molecule is COc1cccc(-n2nc(C)c(C3COCCN3c3ccc(C#N)nn3)c2C)c1. The molecule has 0 N–H and O–H groups in total. The van der Waals surface area contributed by atoms with Crippen molar-refractivity contribution in [2.24, 2.45) is 0 Å². The molecule has 1 unspecified atom stereocenters. The van der Waals surface area contributed by atoms with Gasteiger partial charge in [-0.2, -0.15) is 10.4 Å². The Kier molecular flexibility index (Phi) is 5.14. The first-order valence-corrected chi connectivity index (χ1v) is 9.41. The molecule has 148 valence electrons. The molecule has 8 nitrogen and oxygen atoms in total. The zero-order valence-electron chi connectivity index (χ0n) is 16.7. The fraction of sp³-hybridized carbons (Fsp3) is 0.333. The van der Waals surface area contributed by atoms with Crippen LogP contribution in [0.15, 0.2) is 36.4 Å². The molecule has 8 heteroatoms. The fourth-order valence-electron chi connectivity index (χ4n) is 3.79. The van der Waals surface area contributed by atoms with Crippen LogP contribution in [0.25, 0.3) is 5.69 Å². The average molecular weight is 390 g/mol. The Morgan fingerprint density at radius 1 is 1.21 bits per heavy atom. The molecule has 1 saturated heterocycles.